The van der Waals surface area contributed by atoms with E-state index in [0.717, 1.165) is 30.0 Å². The summed E-state index contributed by atoms with van der Waals surface area (Å²) in [6.45, 7) is 1.71. The highest BCUT2D eigenvalue weighted by Crippen LogP contribution is 2.24. The summed E-state index contributed by atoms with van der Waals surface area (Å²) in [6.07, 6.45) is 3.99. The Morgan fingerprint density at radius 1 is 1.38 bits per heavy atom. The minimum absolute atomic E-state index is 0.111. The summed E-state index contributed by atoms with van der Waals surface area (Å²) in [6, 6.07) is 8.33. The van der Waals surface area contributed by atoms with Crippen LogP contribution in [-0.4, -0.2) is 45.1 Å². The van der Waals surface area contributed by atoms with Crippen LogP contribution in [0.15, 0.2) is 36.7 Å². The normalized spacial score (nSPS) is 19.7. The van der Waals surface area contributed by atoms with Gasteiger partial charge < -0.3 is 5.11 Å². The standard InChI is InChI=1S/C16H18N2O2S/c19-16(20)7-14-11-21-6-5-18(14)10-13-9-17-8-12-3-1-2-4-15(12)13/h1-4,8-9,14H,5-7,10-11H2,(H,19,20). The molecule has 0 spiro atoms. The molecule has 2 aromatic rings. The molecule has 0 radical (unpaired) electrons. The topological polar surface area (TPSA) is 53.4 Å². The van der Waals surface area contributed by atoms with Crippen LogP contribution in [0, 0.1) is 0 Å². The van der Waals surface area contributed by atoms with Gasteiger partial charge in [-0.05, 0) is 10.9 Å². The van der Waals surface area contributed by atoms with Gasteiger partial charge in [-0.25, -0.2) is 0 Å². The lowest BCUT2D eigenvalue weighted by Gasteiger charge is -2.34. The van der Waals surface area contributed by atoms with Crippen LogP contribution in [0.4, 0.5) is 0 Å². The van der Waals surface area contributed by atoms with E-state index in [4.69, 9.17) is 5.11 Å². The van der Waals surface area contributed by atoms with Gasteiger partial charge in [-0.2, -0.15) is 11.8 Å². The monoisotopic (exact) mass is 302 g/mol. The molecule has 0 bridgehead atoms. The molecule has 2 heterocycles. The van der Waals surface area contributed by atoms with Crippen molar-refractivity contribution in [2.45, 2.75) is 19.0 Å². The molecule has 1 aromatic heterocycles. The number of carboxylic acids is 1. The molecular formula is C16H18N2O2S. The van der Waals surface area contributed by atoms with Gasteiger partial charge in [-0.15, -0.1) is 0 Å². The number of nitrogens with zero attached hydrogens (tertiary/aromatic N) is 2. The van der Waals surface area contributed by atoms with E-state index >= 15 is 0 Å². The quantitative estimate of drug-likeness (QED) is 0.941. The van der Waals surface area contributed by atoms with Crippen molar-refractivity contribution in [1.29, 1.82) is 0 Å². The summed E-state index contributed by atoms with van der Waals surface area (Å²) in [5.74, 6) is 1.24. The zero-order chi connectivity index (χ0) is 14.7. The van der Waals surface area contributed by atoms with Crippen molar-refractivity contribution in [3.63, 3.8) is 0 Å². The molecular weight excluding hydrogens is 284 g/mol. The summed E-state index contributed by atoms with van der Waals surface area (Å²) in [7, 11) is 0. The highest BCUT2D eigenvalue weighted by Gasteiger charge is 2.25. The van der Waals surface area contributed by atoms with E-state index in [1.54, 1.807) is 0 Å². The number of pyridine rings is 1. The second-order valence-corrected chi connectivity index (χ2v) is 6.47. The van der Waals surface area contributed by atoms with Crippen LogP contribution in [-0.2, 0) is 11.3 Å². The fourth-order valence-electron chi connectivity index (χ4n) is 2.81. The largest absolute Gasteiger partial charge is 0.481 e. The molecule has 1 atom stereocenters. The van der Waals surface area contributed by atoms with E-state index in [9.17, 15) is 4.79 Å². The molecule has 1 N–H and O–H groups in total. The third-order valence-corrected chi connectivity index (χ3v) is 4.98. The molecule has 0 amide bonds. The molecule has 1 aromatic carbocycles. The Kier molecular flexibility index (Phi) is 4.41. The highest BCUT2D eigenvalue weighted by molar-refractivity contribution is 7.99. The lowest BCUT2D eigenvalue weighted by Crippen LogP contribution is -2.43. The third kappa shape index (κ3) is 3.36. The Balaban J connectivity index is 1.84. The molecule has 1 saturated heterocycles. The van der Waals surface area contributed by atoms with Gasteiger partial charge in [-0.3, -0.25) is 14.7 Å². The maximum absolute atomic E-state index is 11.0. The second-order valence-electron chi connectivity index (χ2n) is 5.32. The average Bonchev–Trinajstić information content (AvgIpc) is 2.49. The van der Waals surface area contributed by atoms with E-state index in [1.165, 1.54) is 10.9 Å². The number of benzene rings is 1. The van der Waals surface area contributed by atoms with Gasteiger partial charge in [0, 0.05) is 48.4 Å². The Morgan fingerprint density at radius 3 is 3.10 bits per heavy atom. The first-order valence-electron chi connectivity index (χ1n) is 7.09. The first kappa shape index (κ1) is 14.4. The van der Waals surface area contributed by atoms with Crippen molar-refractivity contribution in [1.82, 2.24) is 9.88 Å². The Labute approximate surface area is 128 Å². The smallest absolute Gasteiger partial charge is 0.304 e. The molecule has 0 saturated carbocycles. The van der Waals surface area contributed by atoms with Crippen molar-refractivity contribution in [2.24, 2.45) is 0 Å². The van der Waals surface area contributed by atoms with Crippen molar-refractivity contribution in [3.05, 3.63) is 42.2 Å². The fourth-order valence-corrected chi connectivity index (χ4v) is 3.94. The zero-order valence-electron chi connectivity index (χ0n) is 11.7. The molecule has 1 unspecified atom stereocenters. The maximum atomic E-state index is 11.0. The second kappa shape index (κ2) is 6.45. The van der Waals surface area contributed by atoms with E-state index in [2.05, 4.69) is 22.0 Å². The van der Waals surface area contributed by atoms with E-state index in [1.807, 2.05) is 36.3 Å². The van der Waals surface area contributed by atoms with Crippen LogP contribution in [0.3, 0.4) is 0 Å². The predicted molar refractivity (Wildman–Crippen MR) is 85.5 cm³/mol. The van der Waals surface area contributed by atoms with Crippen LogP contribution in [0.1, 0.15) is 12.0 Å². The summed E-state index contributed by atoms with van der Waals surface area (Å²) in [5.41, 5.74) is 1.18. The number of fused-ring (bicyclic) bond motifs is 1. The SMILES string of the molecule is O=C(O)CC1CSCCN1Cc1cncc2ccccc12. The summed E-state index contributed by atoms with van der Waals surface area (Å²) in [5, 5.41) is 11.4. The van der Waals surface area contributed by atoms with Gasteiger partial charge in [0.2, 0.25) is 0 Å². The molecule has 1 aliphatic heterocycles. The number of hydrogen-bond donors (Lipinski definition) is 1. The maximum Gasteiger partial charge on any atom is 0.304 e. The Hall–Kier alpha value is -1.59. The zero-order valence-corrected chi connectivity index (χ0v) is 12.6. The fraction of sp³-hybridized carbons (Fsp3) is 0.375. The number of aromatic nitrogens is 1. The average molecular weight is 302 g/mol. The first-order chi connectivity index (χ1) is 10.2. The van der Waals surface area contributed by atoms with Crippen molar-refractivity contribution in [2.75, 3.05) is 18.1 Å². The van der Waals surface area contributed by atoms with Crippen molar-refractivity contribution < 1.29 is 9.90 Å². The Bertz CT molecular complexity index is 642. The van der Waals surface area contributed by atoms with Crippen LogP contribution in [0.25, 0.3) is 10.8 Å². The van der Waals surface area contributed by atoms with Crippen molar-refractivity contribution in [3.8, 4) is 0 Å². The molecule has 5 heteroatoms. The number of rotatable bonds is 4. The molecule has 1 aliphatic rings. The number of hydrogen-bond acceptors (Lipinski definition) is 4. The first-order valence-corrected chi connectivity index (χ1v) is 8.25. The molecule has 21 heavy (non-hydrogen) atoms. The molecule has 1 fully saturated rings. The lowest BCUT2D eigenvalue weighted by atomic mass is 10.1. The number of thioether (sulfide) groups is 1. The number of carbonyl (C=O) groups is 1. The molecule has 3 rings (SSSR count). The van der Waals surface area contributed by atoms with Crippen LogP contribution in [0.5, 0.6) is 0 Å². The minimum Gasteiger partial charge on any atom is -0.481 e. The van der Waals surface area contributed by atoms with E-state index < -0.39 is 5.97 Å². The van der Waals surface area contributed by atoms with E-state index in [-0.39, 0.29) is 12.5 Å². The van der Waals surface area contributed by atoms with Gasteiger partial charge in [0.25, 0.3) is 0 Å². The van der Waals surface area contributed by atoms with Crippen LogP contribution < -0.4 is 0 Å². The van der Waals surface area contributed by atoms with Crippen LogP contribution >= 0.6 is 11.8 Å². The number of carboxylic acid groups (broad SMARTS) is 1. The van der Waals surface area contributed by atoms with Gasteiger partial charge >= 0.3 is 5.97 Å². The van der Waals surface area contributed by atoms with Gasteiger partial charge in [0.1, 0.15) is 0 Å². The highest BCUT2D eigenvalue weighted by atomic mass is 32.2. The van der Waals surface area contributed by atoms with Gasteiger partial charge in [0.05, 0.1) is 6.42 Å². The molecule has 110 valence electrons. The van der Waals surface area contributed by atoms with Crippen LogP contribution in [0.2, 0.25) is 0 Å². The van der Waals surface area contributed by atoms with Crippen molar-refractivity contribution >= 4 is 28.5 Å². The third-order valence-electron chi connectivity index (χ3n) is 3.88. The van der Waals surface area contributed by atoms with E-state index in [0.29, 0.717) is 0 Å². The predicted octanol–water partition coefficient (Wildman–Crippen LogP) is 2.63. The summed E-state index contributed by atoms with van der Waals surface area (Å²) in [4.78, 5) is 17.6. The minimum atomic E-state index is -0.719. The van der Waals surface area contributed by atoms with Gasteiger partial charge in [0.15, 0.2) is 0 Å². The number of aliphatic carboxylic acids is 1. The summed E-state index contributed by atoms with van der Waals surface area (Å²) >= 11 is 1.84. The molecule has 0 aliphatic carbocycles. The van der Waals surface area contributed by atoms with Gasteiger partial charge in [-0.1, -0.05) is 24.3 Å². The Morgan fingerprint density at radius 2 is 2.24 bits per heavy atom. The summed E-state index contributed by atoms with van der Waals surface area (Å²) < 4.78 is 0. The lowest BCUT2D eigenvalue weighted by molar-refractivity contribution is -0.138. The molecule has 4 nitrogen and oxygen atoms in total.